The summed E-state index contributed by atoms with van der Waals surface area (Å²) in [7, 11) is 0. The van der Waals surface area contributed by atoms with Crippen molar-refractivity contribution in [3.63, 3.8) is 0 Å². The van der Waals surface area contributed by atoms with E-state index < -0.39 is 0 Å². The molecule has 2 nitrogen and oxygen atoms in total. The molecule has 0 aliphatic heterocycles. The first-order valence-corrected chi connectivity index (χ1v) is 8.50. The van der Waals surface area contributed by atoms with E-state index >= 15 is 0 Å². The molecule has 0 amide bonds. The van der Waals surface area contributed by atoms with Crippen LogP contribution in [-0.2, 0) is 19.3 Å². The van der Waals surface area contributed by atoms with E-state index in [9.17, 15) is 0 Å². The smallest absolute Gasteiger partial charge is 0.137 e. The Kier molecular flexibility index (Phi) is 3.53. The largest absolute Gasteiger partial charge is 0.303 e. The number of pyridine rings is 1. The lowest BCUT2D eigenvalue weighted by Crippen LogP contribution is -2.06. The van der Waals surface area contributed by atoms with Crippen LogP contribution in [0.3, 0.4) is 0 Å². The maximum atomic E-state index is 4.81. The first-order chi connectivity index (χ1) is 11.3. The van der Waals surface area contributed by atoms with Gasteiger partial charge in [0.1, 0.15) is 5.65 Å². The van der Waals surface area contributed by atoms with E-state index in [0.717, 1.165) is 31.3 Å². The van der Waals surface area contributed by atoms with Crippen LogP contribution in [0.5, 0.6) is 0 Å². The molecular formula is C21H22N2. The van der Waals surface area contributed by atoms with E-state index in [1.807, 2.05) is 0 Å². The van der Waals surface area contributed by atoms with Crippen LogP contribution in [0, 0.1) is 6.92 Å². The number of imidazole rings is 1. The van der Waals surface area contributed by atoms with Gasteiger partial charge < -0.3 is 4.40 Å². The van der Waals surface area contributed by atoms with Crippen LogP contribution in [0.4, 0.5) is 0 Å². The van der Waals surface area contributed by atoms with Crippen molar-refractivity contribution in [3.8, 4) is 0 Å². The Hall–Kier alpha value is -2.35. The summed E-state index contributed by atoms with van der Waals surface area (Å²) in [6.07, 6.45) is 8.81. The van der Waals surface area contributed by atoms with Gasteiger partial charge in [0, 0.05) is 12.6 Å². The average molecular weight is 302 g/mol. The van der Waals surface area contributed by atoms with E-state index in [2.05, 4.69) is 66.9 Å². The van der Waals surface area contributed by atoms with Gasteiger partial charge in [-0.2, -0.15) is 0 Å². The maximum Gasteiger partial charge on any atom is 0.137 e. The molecule has 0 fully saturated rings. The monoisotopic (exact) mass is 302 g/mol. The summed E-state index contributed by atoms with van der Waals surface area (Å²) in [6, 6.07) is 12.9. The molecule has 0 bridgehead atoms. The fourth-order valence-electron chi connectivity index (χ4n) is 3.81. The second-order valence-electron chi connectivity index (χ2n) is 6.34. The molecule has 0 atom stereocenters. The van der Waals surface area contributed by atoms with Crippen LogP contribution in [0.1, 0.15) is 41.4 Å². The molecule has 2 heterocycles. The van der Waals surface area contributed by atoms with Gasteiger partial charge in [-0.25, -0.2) is 4.98 Å². The highest BCUT2D eigenvalue weighted by Crippen LogP contribution is 2.32. The van der Waals surface area contributed by atoms with Crippen LogP contribution in [0.2, 0.25) is 0 Å². The minimum absolute atomic E-state index is 0.964. The Bertz CT molecular complexity index is 899. The third-order valence-electron chi connectivity index (χ3n) is 4.89. The summed E-state index contributed by atoms with van der Waals surface area (Å²) in [5, 5.41) is 0. The molecule has 0 saturated heterocycles. The number of fused-ring (bicyclic) bond motifs is 2. The molecule has 1 aliphatic rings. The normalized spacial score (nSPS) is 13.9. The van der Waals surface area contributed by atoms with Gasteiger partial charge in [-0.1, -0.05) is 37.3 Å². The highest BCUT2D eigenvalue weighted by molar-refractivity contribution is 5.74. The standard InChI is InChI=1S/C21H22N2/c1-3-18-19(23-13-5-4-12-20(23)22-18)14-17-11-7-10-16-9-6-8-15(2)21(16)17/h4-6,8-9,11-13H,3,7,10,14H2,1-2H3. The third kappa shape index (κ3) is 2.39. The van der Waals surface area contributed by atoms with Crippen LogP contribution in [-0.4, -0.2) is 9.38 Å². The van der Waals surface area contributed by atoms with Gasteiger partial charge >= 0.3 is 0 Å². The maximum absolute atomic E-state index is 4.81. The van der Waals surface area contributed by atoms with Gasteiger partial charge in [0.25, 0.3) is 0 Å². The van der Waals surface area contributed by atoms with Crippen molar-refractivity contribution in [1.82, 2.24) is 9.38 Å². The van der Waals surface area contributed by atoms with Gasteiger partial charge in [0.2, 0.25) is 0 Å². The number of rotatable bonds is 3. The molecule has 1 aliphatic carbocycles. The summed E-state index contributed by atoms with van der Waals surface area (Å²) in [4.78, 5) is 4.81. The quantitative estimate of drug-likeness (QED) is 0.680. The van der Waals surface area contributed by atoms with E-state index in [-0.39, 0.29) is 0 Å². The summed E-state index contributed by atoms with van der Waals surface area (Å²) >= 11 is 0. The van der Waals surface area contributed by atoms with Crippen molar-refractivity contribution in [2.75, 3.05) is 0 Å². The molecular weight excluding hydrogens is 280 g/mol. The van der Waals surface area contributed by atoms with E-state index in [1.165, 1.54) is 33.7 Å². The first-order valence-electron chi connectivity index (χ1n) is 8.50. The highest BCUT2D eigenvalue weighted by atomic mass is 15.0. The van der Waals surface area contributed by atoms with E-state index in [4.69, 9.17) is 4.98 Å². The highest BCUT2D eigenvalue weighted by Gasteiger charge is 2.18. The first kappa shape index (κ1) is 14.3. The van der Waals surface area contributed by atoms with Crippen LogP contribution in [0.25, 0.3) is 11.2 Å². The van der Waals surface area contributed by atoms with Crippen molar-refractivity contribution < 1.29 is 0 Å². The van der Waals surface area contributed by atoms with Crippen LogP contribution in [0.15, 0.2) is 48.7 Å². The summed E-state index contributed by atoms with van der Waals surface area (Å²) in [5.74, 6) is 0. The number of allylic oxidation sites excluding steroid dienone is 2. The summed E-state index contributed by atoms with van der Waals surface area (Å²) in [5.41, 5.74) is 9.43. The summed E-state index contributed by atoms with van der Waals surface area (Å²) < 4.78 is 2.26. The van der Waals surface area contributed by atoms with Crippen LogP contribution < -0.4 is 0 Å². The van der Waals surface area contributed by atoms with Crippen LogP contribution >= 0.6 is 0 Å². The molecule has 2 aromatic heterocycles. The zero-order valence-electron chi connectivity index (χ0n) is 13.8. The molecule has 0 spiro atoms. The molecule has 0 saturated carbocycles. The SMILES string of the molecule is CCc1nc2ccccn2c1CC1=CCCc2cccc(C)c21. The van der Waals surface area contributed by atoms with Crippen molar-refractivity contribution >= 4 is 11.2 Å². The topological polar surface area (TPSA) is 17.3 Å². The Morgan fingerprint density at radius 1 is 1.13 bits per heavy atom. The number of hydrogen-bond donors (Lipinski definition) is 0. The van der Waals surface area contributed by atoms with Gasteiger partial charge in [-0.15, -0.1) is 0 Å². The predicted octanol–water partition coefficient (Wildman–Crippen LogP) is 4.78. The molecule has 4 rings (SSSR count). The second kappa shape index (κ2) is 5.69. The molecule has 3 aromatic rings. The number of nitrogens with zero attached hydrogens (tertiary/aromatic N) is 2. The molecule has 1 aromatic carbocycles. The molecule has 0 unspecified atom stereocenters. The third-order valence-corrected chi connectivity index (χ3v) is 4.89. The zero-order chi connectivity index (χ0) is 15.8. The summed E-state index contributed by atoms with van der Waals surface area (Å²) in [6.45, 7) is 4.42. The van der Waals surface area contributed by atoms with Crippen molar-refractivity contribution in [2.45, 2.75) is 39.5 Å². The Morgan fingerprint density at radius 2 is 2.04 bits per heavy atom. The zero-order valence-corrected chi connectivity index (χ0v) is 13.8. The van der Waals surface area contributed by atoms with Gasteiger partial charge in [0.15, 0.2) is 0 Å². The van der Waals surface area contributed by atoms with Crippen molar-refractivity contribution in [2.24, 2.45) is 0 Å². The van der Waals surface area contributed by atoms with Crippen molar-refractivity contribution in [1.29, 1.82) is 0 Å². The minimum Gasteiger partial charge on any atom is -0.303 e. The molecule has 0 radical (unpaired) electrons. The lowest BCUT2D eigenvalue weighted by atomic mass is 9.85. The Morgan fingerprint density at radius 3 is 2.91 bits per heavy atom. The van der Waals surface area contributed by atoms with Gasteiger partial charge in [-0.3, -0.25) is 0 Å². The Balaban J connectivity index is 1.82. The lowest BCUT2D eigenvalue weighted by Gasteiger charge is -2.20. The average Bonchev–Trinajstić information content (AvgIpc) is 2.93. The lowest BCUT2D eigenvalue weighted by molar-refractivity contribution is 0.939. The number of aryl methyl sites for hydroxylation is 3. The fourth-order valence-corrected chi connectivity index (χ4v) is 3.81. The Labute approximate surface area is 137 Å². The van der Waals surface area contributed by atoms with Gasteiger partial charge in [-0.05, 0) is 60.6 Å². The molecule has 2 heteroatoms. The van der Waals surface area contributed by atoms with Gasteiger partial charge in [0.05, 0.1) is 11.4 Å². The van der Waals surface area contributed by atoms with Crippen molar-refractivity contribution in [3.05, 3.63) is 76.7 Å². The van der Waals surface area contributed by atoms with E-state index in [1.54, 1.807) is 0 Å². The fraction of sp³-hybridized carbons (Fsp3) is 0.286. The molecule has 23 heavy (non-hydrogen) atoms. The predicted molar refractivity (Wildman–Crippen MR) is 95.8 cm³/mol. The number of benzene rings is 1. The number of hydrogen-bond acceptors (Lipinski definition) is 1. The second-order valence-corrected chi connectivity index (χ2v) is 6.34. The number of aromatic nitrogens is 2. The molecule has 0 N–H and O–H groups in total. The minimum atomic E-state index is 0.964. The molecule has 116 valence electrons. The van der Waals surface area contributed by atoms with E-state index in [0.29, 0.717) is 0 Å².